The van der Waals surface area contributed by atoms with Gasteiger partial charge in [-0.15, -0.1) is 0 Å². The molecule has 2 saturated heterocycles. The number of fused-ring (bicyclic) bond motifs is 1. The number of nitrogens with zero attached hydrogens (tertiary/aromatic N) is 3. The minimum atomic E-state index is -2.74. The molecule has 7 heteroatoms. The molecule has 2 fully saturated rings. The quantitative estimate of drug-likeness (QED) is 0.859. The predicted molar refractivity (Wildman–Crippen MR) is 75.6 cm³/mol. The van der Waals surface area contributed by atoms with Gasteiger partial charge < -0.3 is 0 Å². The zero-order chi connectivity index (χ0) is 16.8. The lowest BCUT2D eigenvalue weighted by atomic mass is 9.84. The maximum Gasteiger partial charge on any atom is 0.254 e. The van der Waals surface area contributed by atoms with Crippen LogP contribution in [0.2, 0.25) is 0 Å². The fourth-order valence-corrected chi connectivity index (χ4v) is 3.50. The molecule has 23 heavy (non-hydrogen) atoms. The van der Waals surface area contributed by atoms with Crippen molar-refractivity contribution >= 4 is 5.91 Å². The third-order valence-corrected chi connectivity index (χ3v) is 4.84. The number of carbonyl (C=O) groups excluding carboxylic acids is 1. The first-order valence-corrected chi connectivity index (χ1v) is 7.50. The zero-order valence-corrected chi connectivity index (χ0v) is 12.6. The summed E-state index contributed by atoms with van der Waals surface area (Å²) in [6, 6.07) is 5.25. The highest BCUT2D eigenvalue weighted by Crippen LogP contribution is 2.46. The van der Waals surface area contributed by atoms with E-state index in [1.165, 1.54) is 17.1 Å². The highest BCUT2D eigenvalue weighted by molar-refractivity contribution is 5.85. The standard InChI is InChI=1S/C16H16F3N3O/c1-2-16(14(18)19)9-21-4-3-13(22(21)15(16)23)11-5-10(8-20)6-12(17)7-11/h5-7,13-14H,2-4,9H2,1H3/t13-,16+/m1/s1. The topological polar surface area (TPSA) is 47.3 Å². The molecule has 0 unspecified atom stereocenters. The molecule has 1 amide bonds. The first kappa shape index (κ1) is 15.8. The summed E-state index contributed by atoms with van der Waals surface area (Å²) in [5, 5.41) is 11.9. The molecular formula is C16H16F3N3O. The summed E-state index contributed by atoms with van der Waals surface area (Å²) < 4.78 is 40.6. The molecule has 1 aromatic rings. The number of rotatable bonds is 3. The van der Waals surface area contributed by atoms with Gasteiger partial charge in [-0.25, -0.2) is 18.2 Å². The number of hydrazine groups is 1. The molecule has 0 aromatic heterocycles. The van der Waals surface area contributed by atoms with Gasteiger partial charge in [-0.3, -0.25) is 9.80 Å². The van der Waals surface area contributed by atoms with E-state index in [1.54, 1.807) is 11.9 Å². The molecule has 0 radical (unpaired) electrons. The van der Waals surface area contributed by atoms with Crippen molar-refractivity contribution in [3.05, 3.63) is 35.1 Å². The van der Waals surface area contributed by atoms with Crippen LogP contribution in [0, 0.1) is 22.6 Å². The van der Waals surface area contributed by atoms with Crippen molar-refractivity contribution < 1.29 is 18.0 Å². The van der Waals surface area contributed by atoms with Crippen LogP contribution in [0.4, 0.5) is 13.2 Å². The van der Waals surface area contributed by atoms with Crippen LogP contribution in [0.3, 0.4) is 0 Å². The average molecular weight is 323 g/mol. The molecule has 0 bridgehead atoms. The maximum absolute atomic E-state index is 13.7. The molecule has 0 spiro atoms. The SMILES string of the molecule is CC[C@@]1(C(F)F)CN2CC[C@H](c3cc(F)cc(C#N)c3)N2C1=O. The van der Waals surface area contributed by atoms with E-state index in [0.717, 1.165) is 6.07 Å². The minimum absolute atomic E-state index is 0.0169. The summed E-state index contributed by atoms with van der Waals surface area (Å²) in [6.07, 6.45) is -2.16. The number of benzene rings is 1. The van der Waals surface area contributed by atoms with Gasteiger partial charge in [-0.2, -0.15) is 5.26 Å². The number of carbonyl (C=O) groups is 1. The van der Waals surface area contributed by atoms with Crippen molar-refractivity contribution in [3.63, 3.8) is 0 Å². The van der Waals surface area contributed by atoms with Crippen LogP contribution in [0.1, 0.15) is 36.9 Å². The number of alkyl halides is 2. The summed E-state index contributed by atoms with van der Waals surface area (Å²) >= 11 is 0. The first-order valence-electron chi connectivity index (χ1n) is 7.50. The van der Waals surface area contributed by atoms with Crippen molar-refractivity contribution in [1.82, 2.24) is 10.0 Å². The third kappa shape index (κ3) is 2.29. The number of nitriles is 1. The molecule has 122 valence electrons. The van der Waals surface area contributed by atoms with Crippen LogP contribution in [-0.4, -0.2) is 35.4 Å². The van der Waals surface area contributed by atoms with Crippen LogP contribution in [-0.2, 0) is 4.79 Å². The van der Waals surface area contributed by atoms with Crippen LogP contribution in [0.15, 0.2) is 18.2 Å². The smallest absolute Gasteiger partial charge is 0.254 e. The van der Waals surface area contributed by atoms with E-state index in [0.29, 0.717) is 18.5 Å². The van der Waals surface area contributed by atoms with Gasteiger partial charge in [0.2, 0.25) is 0 Å². The molecular weight excluding hydrogens is 307 g/mol. The molecule has 2 aliphatic rings. The Labute approximate surface area is 132 Å². The van der Waals surface area contributed by atoms with Gasteiger partial charge in [-0.1, -0.05) is 6.92 Å². The van der Waals surface area contributed by atoms with E-state index in [4.69, 9.17) is 5.26 Å². The largest absolute Gasteiger partial charge is 0.272 e. The maximum atomic E-state index is 13.7. The summed E-state index contributed by atoms with van der Waals surface area (Å²) in [7, 11) is 0. The number of halogens is 3. The van der Waals surface area contributed by atoms with Crippen LogP contribution >= 0.6 is 0 Å². The Kier molecular flexibility index (Phi) is 3.80. The highest BCUT2D eigenvalue weighted by Gasteiger charge is 2.59. The number of amides is 1. The lowest BCUT2D eigenvalue weighted by Crippen LogP contribution is -2.41. The van der Waals surface area contributed by atoms with Crippen LogP contribution in [0.25, 0.3) is 0 Å². The fourth-order valence-electron chi connectivity index (χ4n) is 3.50. The molecule has 2 heterocycles. The molecule has 0 N–H and O–H groups in total. The van der Waals surface area contributed by atoms with Crippen molar-refractivity contribution in [3.8, 4) is 6.07 Å². The van der Waals surface area contributed by atoms with E-state index >= 15 is 0 Å². The summed E-state index contributed by atoms with van der Waals surface area (Å²) in [5.74, 6) is -1.18. The molecule has 3 rings (SSSR count). The van der Waals surface area contributed by atoms with Crippen molar-refractivity contribution in [2.45, 2.75) is 32.2 Å². The fraction of sp³-hybridized carbons (Fsp3) is 0.500. The normalized spacial score (nSPS) is 27.6. The van der Waals surface area contributed by atoms with Gasteiger partial charge in [0.1, 0.15) is 11.2 Å². The van der Waals surface area contributed by atoms with Gasteiger partial charge in [0.15, 0.2) is 0 Å². The Balaban J connectivity index is 1.98. The predicted octanol–water partition coefficient (Wildman–Crippen LogP) is 2.86. The summed E-state index contributed by atoms with van der Waals surface area (Å²) in [5.41, 5.74) is -1.07. The molecule has 4 nitrogen and oxygen atoms in total. The highest BCUT2D eigenvalue weighted by atomic mass is 19.3. The van der Waals surface area contributed by atoms with E-state index in [9.17, 15) is 18.0 Å². The third-order valence-electron chi connectivity index (χ3n) is 4.84. The lowest BCUT2D eigenvalue weighted by Gasteiger charge is -2.27. The van der Waals surface area contributed by atoms with Crippen LogP contribution < -0.4 is 0 Å². The summed E-state index contributed by atoms with van der Waals surface area (Å²) in [4.78, 5) is 12.7. The van der Waals surface area contributed by atoms with E-state index < -0.39 is 29.6 Å². The second-order valence-corrected chi connectivity index (χ2v) is 6.04. The number of hydrogen-bond donors (Lipinski definition) is 0. The molecule has 2 aliphatic heterocycles. The second-order valence-electron chi connectivity index (χ2n) is 6.04. The first-order chi connectivity index (χ1) is 10.9. The van der Waals surface area contributed by atoms with Gasteiger partial charge in [-0.05, 0) is 36.6 Å². The molecule has 0 saturated carbocycles. The summed E-state index contributed by atoms with van der Waals surface area (Å²) in [6.45, 7) is 2.03. The Morgan fingerprint density at radius 3 is 2.78 bits per heavy atom. The monoisotopic (exact) mass is 323 g/mol. The lowest BCUT2D eigenvalue weighted by molar-refractivity contribution is -0.148. The van der Waals surface area contributed by atoms with Crippen LogP contribution in [0.5, 0.6) is 0 Å². The second kappa shape index (κ2) is 5.53. The van der Waals surface area contributed by atoms with Gasteiger partial charge >= 0.3 is 0 Å². The minimum Gasteiger partial charge on any atom is -0.272 e. The van der Waals surface area contributed by atoms with Crippen molar-refractivity contribution in [1.29, 1.82) is 5.26 Å². The Morgan fingerprint density at radius 1 is 1.43 bits per heavy atom. The van der Waals surface area contributed by atoms with E-state index in [2.05, 4.69) is 0 Å². The van der Waals surface area contributed by atoms with Crippen molar-refractivity contribution in [2.75, 3.05) is 13.1 Å². The van der Waals surface area contributed by atoms with Gasteiger partial charge in [0.25, 0.3) is 12.3 Å². The Bertz CT molecular complexity index is 688. The molecule has 0 aliphatic carbocycles. The molecule has 1 aromatic carbocycles. The zero-order valence-electron chi connectivity index (χ0n) is 12.6. The Morgan fingerprint density at radius 2 is 2.17 bits per heavy atom. The van der Waals surface area contributed by atoms with Crippen molar-refractivity contribution in [2.24, 2.45) is 5.41 Å². The van der Waals surface area contributed by atoms with E-state index in [1.807, 2.05) is 6.07 Å². The molecule has 2 atom stereocenters. The van der Waals surface area contributed by atoms with E-state index in [-0.39, 0.29) is 18.5 Å². The van der Waals surface area contributed by atoms with Gasteiger partial charge in [0, 0.05) is 13.1 Å². The van der Waals surface area contributed by atoms with Gasteiger partial charge in [0.05, 0.1) is 17.7 Å². The average Bonchev–Trinajstić information content (AvgIpc) is 3.05. The number of hydrogen-bond acceptors (Lipinski definition) is 3. The Hall–Kier alpha value is -2.07.